The van der Waals surface area contributed by atoms with E-state index < -0.39 is 5.97 Å². The van der Waals surface area contributed by atoms with E-state index in [1.54, 1.807) is 18.2 Å². The Morgan fingerprint density at radius 3 is 2.71 bits per heavy atom. The summed E-state index contributed by atoms with van der Waals surface area (Å²) in [5.74, 6) is 0.651. The second-order valence-corrected chi connectivity index (χ2v) is 4.45. The van der Waals surface area contributed by atoms with Crippen molar-refractivity contribution in [2.75, 3.05) is 24.3 Å². The Labute approximate surface area is 120 Å². The molecule has 21 heavy (non-hydrogen) atoms. The van der Waals surface area contributed by atoms with Crippen molar-refractivity contribution in [1.82, 2.24) is 4.98 Å². The SMILES string of the molecule is Nc1cc(C(=O)O)cnc1Nc1ccc2c(c1)OCCO2. The molecule has 0 bridgehead atoms. The molecule has 7 nitrogen and oxygen atoms in total. The van der Waals surface area contributed by atoms with E-state index in [1.165, 1.54) is 12.3 Å². The van der Waals surface area contributed by atoms with Crippen LogP contribution in [0.15, 0.2) is 30.5 Å². The highest BCUT2D eigenvalue weighted by molar-refractivity contribution is 5.89. The van der Waals surface area contributed by atoms with Gasteiger partial charge in [0, 0.05) is 18.0 Å². The quantitative estimate of drug-likeness (QED) is 0.791. The molecule has 0 unspecified atom stereocenters. The fourth-order valence-electron chi connectivity index (χ4n) is 1.96. The molecule has 108 valence electrons. The third-order valence-corrected chi connectivity index (χ3v) is 2.97. The zero-order valence-corrected chi connectivity index (χ0v) is 11.0. The number of benzene rings is 1. The molecule has 1 aromatic heterocycles. The highest BCUT2D eigenvalue weighted by Gasteiger charge is 2.13. The zero-order chi connectivity index (χ0) is 14.8. The molecule has 0 aliphatic carbocycles. The van der Waals surface area contributed by atoms with Crippen molar-refractivity contribution in [2.45, 2.75) is 0 Å². The molecule has 0 spiro atoms. The Kier molecular flexibility index (Phi) is 3.23. The molecule has 1 aliphatic rings. The number of fused-ring (bicyclic) bond motifs is 1. The first-order valence-corrected chi connectivity index (χ1v) is 6.29. The number of nitrogen functional groups attached to an aromatic ring is 1. The molecule has 0 fully saturated rings. The van der Waals surface area contributed by atoms with E-state index in [9.17, 15) is 4.79 Å². The van der Waals surface area contributed by atoms with Crippen molar-refractivity contribution in [2.24, 2.45) is 0 Å². The number of pyridine rings is 1. The number of carboxylic acids is 1. The summed E-state index contributed by atoms with van der Waals surface area (Å²) in [5.41, 5.74) is 6.82. The predicted octanol–water partition coefficient (Wildman–Crippen LogP) is 1.88. The Hall–Kier alpha value is -2.96. The number of aromatic carboxylic acids is 1. The molecule has 0 amide bonds. The van der Waals surface area contributed by atoms with Gasteiger partial charge in [0.05, 0.1) is 11.3 Å². The number of hydrogen-bond acceptors (Lipinski definition) is 6. The van der Waals surface area contributed by atoms with E-state index in [-0.39, 0.29) is 11.3 Å². The maximum atomic E-state index is 10.8. The number of aromatic nitrogens is 1. The van der Waals surface area contributed by atoms with Gasteiger partial charge in [-0.3, -0.25) is 0 Å². The van der Waals surface area contributed by atoms with Gasteiger partial charge >= 0.3 is 5.97 Å². The summed E-state index contributed by atoms with van der Waals surface area (Å²) >= 11 is 0. The predicted molar refractivity (Wildman–Crippen MR) is 76.3 cm³/mol. The van der Waals surface area contributed by atoms with Crippen molar-refractivity contribution in [3.63, 3.8) is 0 Å². The smallest absolute Gasteiger partial charge is 0.337 e. The van der Waals surface area contributed by atoms with Gasteiger partial charge in [0.2, 0.25) is 0 Å². The molecule has 2 heterocycles. The summed E-state index contributed by atoms with van der Waals surface area (Å²) < 4.78 is 10.9. The topological polar surface area (TPSA) is 107 Å². The average Bonchev–Trinajstić information content (AvgIpc) is 2.49. The maximum absolute atomic E-state index is 10.8. The van der Waals surface area contributed by atoms with Gasteiger partial charge in [-0.15, -0.1) is 0 Å². The van der Waals surface area contributed by atoms with Crippen molar-refractivity contribution >= 4 is 23.2 Å². The number of anilines is 3. The molecule has 0 saturated carbocycles. The van der Waals surface area contributed by atoms with Crippen LogP contribution in [-0.2, 0) is 0 Å². The minimum atomic E-state index is -1.07. The fourth-order valence-corrected chi connectivity index (χ4v) is 1.96. The molecule has 0 saturated heterocycles. The van der Waals surface area contributed by atoms with Crippen LogP contribution in [0, 0.1) is 0 Å². The van der Waals surface area contributed by atoms with Crippen LogP contribution in [0.25, 0.3) is 0 Å². The van der Waals surface area contributed by atoms with Gasteiger partial charge in [-0.1, -0.05) is 0 Å². The highest BCUT2D eigenvalue weighted by atomic mass is 16.6. The van der Waals surface area contributed by atoms with Crippen LogP contribution < -0.4 is 20.5 Å². The maximum Gasteiger partial charge on any atom is 0.337 e. The van der Waals surface area contributed by atoms with Crippen molar-refractivity contribution in [3.8, 4) is 11.5 Å². The molecule has 3 rings (SSSR count). The van der Waals surface area contributed by atoms with Crippen molar-refractivity contribution < 1.29 is 19.4 Å². The molecular weight excluding hydrogens is 274 g/mol. The van der Waals surface area contributed by atoms with Gasteiger partial charge in [-0.2, -0.15) is 0 Å². The molecule has 2 aromatic rings. The first kappa shape index (κ1) is 13.0. The summed E-state index contributed by atoms with van der Waals surface area (Å²) in [5, 5.41) is 11.9. The van der Waals surface area contributed by atoms with Crippen LogP contribution in [0.3, 0.4) is 0 Å². The van der Waals surface area contributed by atoms with Crippen LogP contribution in [0.5, 0.6) is 11.5 Å². The minimum Gasteiger partial charge on any atom is -0.486 e. The standard InChI is InChI=1S/C14H13N3O4/c15-10-5-8(14(18)19)7-16-13(10)17-9-1-2-11-12(6-9)21-4-3-20-11/h1-2,5-7H,3-4,15H2,(H,16,17)(H,18,19). The van der Waals surface area contributed by atoms with Crippen molar-refractivity contribution in [3.05, 3.63) is 36.0 Å². The summed E-state index contributed by atoms with van der Waals surface area (Å²) in [6, 6.07) is 6.73. The number of nitrogens with one attached hydrogen (secondary N) is 1. The van der Waals surface area contributed by atoms with Crippen LogP contribution >= 0.6 is 0 Å². The van der Waals surface area contributed by atoms with Gasteiger partial charge in [0.1, 0.15) is 13.2 Å². The van der Waals surface area contributed by atoms with E-state index in [4.69, 9.17) is 20.3 Å². The minimum absolute atomic E-state index is 0.0419. The Morgan fingerprint density at radius 1 is 1.24 bits per heavy atom. The number of rotatable bonds is 3. The number of hydrogen-bond donors (Lipinski definition) is 3. The van der Waals surface area contributed by atoms with Crippen LogP contribution in [0.1, 0.15) is 10.4 Å². The molecule has 7 heteroatoms. The van der Waals surface area contributed by atoms with Crippen LogP contribution in [0.2, 0.25) is 0 Å². The lowest BCUT2D eigenvalue weighted by atomic mass is 10.2. The van der Waals surface area contributed by atoms with E-state index in [0.717, 1.165) is 5.69 Å². The molecule has 1 aliphatic heterocycles. The number of carbonyl (C=O) groups is 1. The molecule has 1 aromatic carbocycles. The first-order valence-electron chi connectivity index (χ1n) is 6.29. The number of ether oxygens (including phenoxy) is 2. The van der Waals surface area contributed by atoms with E-state index in [2.05, 4.69) is 10.3 Å². The monoisotopic (exact) mass is 287 g/mol. The third-order valence-electron chi connectivity index (χ3n) is 2.97. The lowest BCUT2D eigenvalue weighted by Crippen LogP contribution is -2.15. The van der Waals surface area contributed by atoms with E-state index in [0.29, 0.717) is 30.5 Å². The largest absolute Gasteiger partial charge is 0.486 e. The lowest BCUT2D eigenvalue weighted by molar-refractivity contribution is 0.0696. The van der Waals surface area contributed by atoms with E-state index >= 15 is 0 Å². The van der Waals surface area contributed by atoms with Gasteiger partial charge in [0.15, 0.2) is 17.3 Å². The lowest BCUT2D eigenvalue weighted by Gasteiger charge is -2.19. The number of carboxylic acid groups (broad SMARTS) is 1. The fraction of sp³-hybridized carbons (Fsp3) is 0.143. The summed E-state index contributed by atoms with van der Waals surface area (Å²) in [6.45, 7) is 1.04. The van der Waals surface area contributed by atoms with Gasteiger partial charge in [0.25, 0.3) is 0 Å². The number of nitrogens with zero attached hydrogens (tertiary/aromatic N) is 1. The number of nitrogens with two attached hydrogens (primary N) is 1. The highest BCUT2D eigenvalue weighted by Crippen LogP contribution is 2.34. The van der Waals surface area contributed by atoms with Crippen molar-refractivity contribution in [1.29, 1.82) is 0 Å². The molecule has 0 radical (unpaired) electrons. The van der Waals surface area contributed by atoms with Gasteiger partial charge in [-0.05, 0) is 18.2 Å². The third kappa shape index (κ3) is 2.66. The summed E-state index contributed by atoms with van der Waals surface area (Å²) in [6.07, 6.45) is 1.25. The Morgan fingerprint density at radius 2 is 2.00 bits per heavy atom. The van der Waals surface area contributed by atoms with Gasteiger partial charge < -0.3 is 25.6 Å². The normalized spacial score (nSPS) is 12.8. The Bertz CT molecular complexity index is 703. The average molecular weight is 287 g/mol. The summed E-state index contributed by atoms with van der Waals surface area (Å²) in [4.78, 5) is 14.9. The van der Waals surface area contributed by atoms with E-state index in [1.807, 2.05) is 0 Å². The second kappa shape index (κ2) is 5.20. The zero-order valence-electron chi connectivity index (χ0n) is 11.0. The second-order valence-electron chi connectivity index (χ2n) is 4.45. The molecular formula is C14H13N3O4. The van der Waals surface area contributed by atoms with Crippen LogP contribution in [0.4, 0.5) is 17.2 Å². The molecule has 0 atom stereocenters. The summed E-state index contributed by atoms with van der Waals surface area (Å²) in [7, 11) is 0. The van der Waals surface area contributed by atoms with Gasteiger partial charge in [-0.25, -0.2) is 9.78 Å². The van der Waals surface area contributed by atoms with Crippen LogP contribution in [-0.4, -0.2) is 29.3 Å². The first-order chi connectivity index (χ1) is 10.1. The Balaban J connectivity index is 1.85. The molecule has 4 N–H and O–H groups in total.